The van der Waals surface area contributed by atoms with Gasteiger partial charge in [-0.2, -0.15) is 0 Å². The zero-order chi connectivity index (χ0) is 13.0. The van der Waals surface area contributed by atoms with E-state index in [1.807, 2.05) is 6.20 Å². The Labute approximate surface area is 109 Å². The predicted molar refractivity (Wildman–Crippen MR) is 77.9 cm³/mol. The van der Waals surface area contributed by atoms with Gasteiger partial charge in [0.25, 0.3) is 0 Å². The molecule has 18 heavy (non-hydrogen) atoms. The lowest BCUT2D eigenvalue weighted by molar-refractivity contribution is 0.446. The van der Waals surface area contributed by atoms with Crippen molar-refractivity contribution >= 4 is 17.7 Å². The van der Waals surface area contributed by atoms with Gasteiger partial charge in [-0.3, -0.25) is 0 Å². The van der Waals surface area contributed by atoms with Crippen molar-refractivity contribution in [3.05, 3.63) is 30.5 Å². The van der Waals surface area contributed by atoms with E-state index >= 15 is 0 Å². The summed E-state index contributed by atoms with van der Waals surface area (Å²) in [6.45, 7) is 10.3. The molecule has 3 nitrogen and oxygen atoms in total. The van der Waals surface area contributed by atoms with E-state index in [2.05, 4.69) is 41.4 Å². The quantitative estimate of drug-likeness (QED) is 0.760. The number of allylic oxidation sites excluding steroid dienone is 1. The Bertz CT molecular complexity index is 451. The van der Waals surface area contributed by atoms with Crippen molar-refractivity contribution in [2.75, 3.05) is 18.0 Å². The smallest absolute Gasteiger partial charge is 0.156 e. The first-order valence-corrected chi connectivity index (χ1v) is 6.58. The molecule has 0 amide bonds. The van der Waals surface area contributed by atoms with Gasteiger partial charge in [0.15, 0.2) is 5.82 Å². The first-order chi connectivity index (χ1) is 8.72. The molecule has 0 radical (unpaired) electrons. The molecule has 0 aliphatic carbocycles. The highest BCUT2D eigenvalue weighted by molar-refractivity contribution is 5.74. The summed E-state index contributed by atoms with van der Waals surface area (Å²) in [5.74, 6) is 1.57. The van der Waals surface area contributed by atoms with Crippen LogP contribution in [0.3, 0.4) is 0 Å². The minimum Gasteiger partial charge on any atom is -0.371 e. The molecule has 1 atom stereocenters. The minimum absolute atomic E-state index is 0.770. The molecule has 0 aromatic carbocycles. The summed E-state index contributed by atoms with van der Waals surface area (Å²) in [6.07, 6.45) is 7.82. The second-order valence-electron chi connectivity index (χ2n) is 4.99. The zero-order valence-electron chi connectivity index (χ0n) is 11.3. The van der Waals surface area contributed by atoms with Crippen LogP contribution in [-0.2, 0) is 0 Å². The fraction of sp³-hybridized carbons (Fsp3) is 0.467. The van der Waals surface area contributed by atoms with Crippen LogP contribution >= 0.6 is 0 Å². The van der Waals surface area contributed by atoms with Gasteiger partial charge in [0.2, 0.25) is 0 Å². The lowest BCUT2D eigenvalue weighted by atomic mass is 9.99. The number of nitrogens with zero attached hydrogens (tertiary/aromatic N) is 3. The Morgan fingerprint density at radius 1 is 1.56 bits per heavy atom. The molecule has 2 heterocycles. The number of hydrogen-bond acceptors (Lipinski definition) is 3. The Kier molecular flexibility index (Phi) is 4.13. The third-order valence-corrected chi connectivity index (χ3v) is 3.45. The summed E-state index contributed by atoms with van der Waals surface area (Å²) < 4.78 is 0. The molecule has 3 heteroatoms. The Morgan fingerprint density at radius 3 is 3.11 bits per heavy atom. The number of pyridine rings is 1. The molecule has 1 aromatic heterocycles. The van der Waals surface area contributed by atoms with Gasteiger partial charge in [0.1, 0.15) is 0 Å². The lowest BCUT2D eigenvalue weighted by Gasteiger charge is -2.33. The summed E-state index contributed by atoms with van der Waals surface area (Å²) in [4.78, 5) is 11.1. The van der Waals surface area contributed by atoms with Crippen molar-refractivity contribution in [1.82, 2.24) is 4.98 Å². The van der Waals surface area contributed by atoms with Crippen molar-refractivity contribution in [1.29, 1.82) is 0 Å². The van der Waals surface area contributed by atoms with E-state index in [0.717, 1.165) is 30.4 Å². The maximum absolute atomic E-state index is 4.32. The molecule has 1 fully saturated rings. The van der Waals surface area contributed by atoms with Crippen LogP contribution in [0.4, 0.5) is 11.5 Å². The van der Waals surface area contributed by atoms with Crippen molar-refractivity contribution in [2.45, 2.75) is 26.7 Å². The maximum Gasteiger partial charge on any atom is 0.156 e. The minimum atomic E-state index is 0.770. The Hall–Kier alpha value is -1.64. The summed E-state index contributed by atoms with van der Waals surface area (Å²) in [5.41, 5.74) is 2.43. The number of rotatable bonds is 3. The van der Waals surface area contributed by atoms with Gasteiger partial charge in [-0.05, 0) is 31.7 Å². The van der Waals surface area contributed by atoms with Gasteiger partial charge in [-0.1, -0.05) is 19.6 Å². The highest BCUT2D eigenvalue weighted by Crippen LogP contribution is 2.29. The number of anilines is 1. The van der Waals surface area contributed by atoms with Gasteiger partial charge in [-0.15, -0.1) is 0 Å². The topological polar surface area (TPSA) is 28.5 Å². The molecule has 1 saturated heterocycles. The molecule has 2 rings (SSSR count). The predicted octanol–water partition coefficient (Wildman–Crippen LogP) is 3.51. The second kappa shape index (κ2) is 5.80. The number of aromatic nitrogens is 1. The Morgan fingerprint density at radius 2 is 2.39 bits per heavy atom. The van der Waals surface area contributed by atoms with E-state index in [0.29, 0.717) is 0 Å². The first-order valence-electron chi connectivity index (χ1n) is 6.58. The van der Waals surface area contributed by atoms with Crippen LogP contribution in [0.15, 0.2) is 29.9 Å². The second-order valence-corrected chi connectivity index (χ2v) is 4.99. The molecule has 1 aromatic rings. The number of piperidine rings is 1. The summed E-state index contributed by atoms with van der Waals surface area (Å²) in [6, 6.07) is 2.10. The van der Waals surface area contributed by atoms with Crippen LogP contribution in [0, 0.1) is 12.8 Å². The molecular weight excluding hydrogens is 222 g/mol. The average molecular weight is 243 g/mol. The fourth-order valence-electron chi connectivity index (χ4n) is 2.52. The fourth-order valence-corrected chi connectivity index (χ4v) is 2.52. The summed E-state index contributed by atoms with van der Waals surface area (Å²) >= 11 is 0. The molecule has 0 spiro atoms. The van der Waals surface area contributed by atoms with Gasteiger partial charge in [0, 0.05) is 36.8 Å². The molecule has 0 saturated carbocycles. The van der Waals surface area contributed by atoms with E-state index in [1.54, 1.807) is 12.3 Å². The molecule has 0 bridgehead atoms. The van der Waals surface area contributed by atoms with Crippen LogP contribution in [0.2, 0.25) is 0 Å². The van der Waals surface area contributed by atoms with Crippen LogP contribution < -0.4 is 4.90 Å². The largest absolute Gasteiger partial charge is 0.371 e. The third-order valence-electron chi connectivity index (χ3n) is 3.45. The SMILES string of the molecule is C=CC=Nc1nccc(N2CCCC(C)C2)c1C. The van der Waals surface area contributed by atoms with Crippen molar-refractivity contribution in [3.63, 3.8) is 0 Å². The Balaban J connectivity index is 2.27. The summed E-state index contributed by atoms with van der Waals surface area (Å²) in [7, 11) is 0. The molecule has 1 aliphatic rings. The van der Waals surface area contributed by atoms with Crippen LogP contribution in [0.1, 0.15) is 25.3 Å². The standard InChI is InChI=1S/C15H21N3/c1-4-8-16-15-13(3)14(7-9-17-15)18-10-5-6-12(2)11-18/h4,7-9,12H,1,5-6,10-11H2,2-3H3. The van der Waals surface area contributed by atoms with Crippen LogP contribution in [-0.4, -0.2) is 24.3 Å². The van der Waals surface area contributed by atoms with Gasteiger partial charge >= 0.3 is 0 Å². The molecule has 96 valence electrons. The summed E-state index contributed by atoms with van der Waals surface area (Å²) in [5, 5.41) is 0. The van der Waals surface area contributed by atoms with Crippen LogP contribution in [0.25, 0.3) is 0 Å². The maximum atomic E-state index is 4.32. The average Bonchev–Trinajstić information content (AvgIpc) is 2.37. The van der Waals surface area contributed by atoms with E-state index in [1.165, 1.54) is 18.5 Å². The zero-order valence-corrected chi connectivity index (χ0v) is 11.3. The van der Waals surface area contributed by atoms with E-state index in [4.69, 9.17) is 0 Å². The van der Waals surface area contributed by atoms with Crippen LogP contribution in [0.5, 0.6) is 0 Å². The molecule has 1 aliphatic heterocycles. The monoisotopic (exact) mass is 243 g/mol. The lowest BCUT2D eigenvalue weighted by Crippen LogP contribution is -2.34. The number of aliphatic imine (C=N–C) groups is 1. The molecule has 1 unspecified atom stereocenters. The van der Waals surface area contributed by atoms with Crippen molar-refractivity contribution in [3.8, 4) is 0 Å². The van der Waals surface area contributed by atoms with E-state index in [-0.39, 0.29) is 0 Å². The highest BCUT2D eigenvalue weighted by Gasteiger charge is 2.18. The van der Waals surface area contributed by atoms with Crippen molar-refractivity contribution in [2.24, 2.45) is 10.9 Å². The van der Waals surface area contributed by atoms with E-state index in [9.17, 15) is 0 Å². The van der Waals surface area contributed by atoms with Crippen molar-refractivity contribution < 1.29 is 0 Å². The highest BCUT2D eigenvalue weighted by atomic mass is 15.1. The number of hydrogen-bond donors (Lipinski definition) is 0. The van der Waals surface area contributed by atoms with Gasteiger partial charge < -0.3 is 4.90 Å². The van der Waals surface area contributed by atoms with E-state index < -0.39 is 0 Å². The third kappa shape index (κ3) is 2.78. The molecular formula is C15H21N3. The molecule has 0 N–H and O–H groups in total. The van der Waals surface area contributed by atoms with Gasteiger partial charge in [-0.25, -0.2) is 9.98 Å². The normalized spacial score (nSPS) is 20.3. The van der Waals surface area contributed by atoms with Gasteiger partial charge in [0.05, 0.1) is 0 Å². The first kappa shape index (κ1) is 12.8.